The van der Waals surface area contributed by atoms with Gasteiger partial charge in [0, 0.05) is 19.2 Å². The lowest BCUT2D eigenvalue weighted by Gasteiger charge is -2.20. The molecule has 0 spiro atoms. The predicted octanol–water partition coefficient (Wildman–Crippen LogP) is 4.36. The van der Waals surface area contributed by atoms with Gasteiger partial charge >= 0.3 is 0 Å². The van der Waals surface area contributed by atoms with Gasteiger partial charge in [0.05, 0.1) is 38.3 Å². The Kier molecular flexibility index (Phi) is 8.93. The highest BCUT2D eigenvalue weighted by Gasteiger charge is 2.27. The third-order valence-electron chi connectivity index (χ3n) is 5.57. The first-order valence-corrected chi connectivity index (χ1v) is 13.6. The van der Waals surface area contributed by atoms with Crippen molar-refractivity contribution in [3.8, 4) is 27.7 Å². The maximum Gasteiger partial charge on any atom is 0.246 e. The summed E-state index contributed by atoms with van der Waals surface area (Å²) in [4.78, 5) is 18.1. The van der Waals surface area contributed by atoms with Crippen LogP contribution in [0.3, 0.4) is 0 Å². The van der Waals surface area contributed by atoms with Crippen molar-refractivity contribution in [1.29, 1.82) is 0 Å². The first-order chi connectivity index (χ1) is 17.2. The van der Waals surface area contributed by atoms with E-state index in [4.69, 9.17) is 14.2 Å². The molecule has 11 heteroatoms. The van der Waals surface area contributed by atoms with E-state index < -0.39 is 10.0 Å². The van der Waals surface area contributed by atoms with Gasteiger partial charge < -0.3 is 19.5 Å². The van der Waals surface area contributed by atoms with Crippen molar-refractivity contribution in [3.05, 3.63) is 47.7 Å². The number of aryl methyl sites for hydroxylation is 1. The first-order valence-electron chi connectivity index (χ1n) is 11.3. The van der Waals surface area contributed by atoms with Crippen molar-refractivity contribution >= 4 is 32.4 Å². The Morgan fingerprint density at radius 2 is 1.64 bits per heavy atom. The van der Waals surface area contributed by atoms with Gasteiger partial charge in [-0.3, -0.25) is 4.79 Å². The van der Waals surface area contributed by atoms with Gasteiger partial charge in [0.1, 0.15) is 22.1 Å². The van der Waals surface area contributed by atoms with Gasteiger partial charge in [-0.05, 0) is 48.4 Å². The third-order valence-corrected chi connectivity index (χ3v) is 8.76. The smallest absolute Gasteiger partial charge is 0.246 e. The maximum absolute atomic E-state index is 13.2. The quantitative estimate of drug-likeness (QED) is 0.390. The summed E-state index contributed by atoms with van der Waals surface area (Å²) in [5.74, 6) is 1.22. The molecule has 0 saturated heterocycles. The van der Waals surface area contributed by atoms with Crippen LogP contribution in [0.1, 0.15) is 25.1 Å². The van der Waals surface area contributed by atoms with Gasteiger partial charge in [-0.2, -0.15) is 4.31 Å². The second-order valence-corrected chi connectivity index (χ2v) is 10.7. The third kappa shape index (κ3) is 5.97. The average Bonchev–Trinajstić information content (AvgIpc) is 3.23. The Balaban J connectivity index is 1.87. The number of rotatable bonds is 11. The zero-order chi connectivity index (χ0) is 26.5. The number of thiazole rings is 1. The lowest BCUT2D eigenvalue weighted by molar-refractivity contribution is -0.115. The van der Waals surface area contributed by atoms with Crippen molar-refractivity contribution in [3.63, 3.8) is 0 Å². The minimum absolute atomic E-state index is 0.0940. The highest BCUT2D eigenvalue weighted by Crippen LogP contribution is 2.37. The molecule has 3 rings (SSSR count). The average molecular weight is 534 g/mol. The van der Waals surface area contributed by atoms with Gasteiger partial charge in [-0.25, -0.2) is 13.4 Å². The summed E-state index contributed by atoms with van der Waals surface area (Å²) in [7, 11) is 0.805. The predicted molar refractivity (Wildman–Crippen MR) is 141 cm³/mol. The fourth-order valence-electron chi connectivity index (χ4n) is 3.76. The molecule has 0 radical (unpaired) electrons. The molecule has 3 aromatic rings. The molecule has 194 valence electrons. The Morgan fingerprint density at radius 3 is 2.19 bits per heavy atom. The van der Waals surface area contributed by atoms with Gasteiger partial charge in [0.25, 0.3) is 0 Å². The van der Waals surface area contributed by atoms with Gasteiger partial charge in [-0.1, -0.05) is 25.2 Å². The van der Waals surface area contributed by atoms with E-state index in [9.17, 15) is 13.2 Å². The number of nitrogens with one attached hydrogen (secondary N) is 1. The summed E-state index contributed by atoms with van der Waals surface area (Å²) < 4.78 is 43.7. The van der Waals surface area contributed by atoms with E-state index in [0.29, 0.717) is 41.0 Å². The molecule has 9 nitrogen and oxygen atoms in total. The van der Waals surface area contributed by atoms with Crippen LogP contribution in [-0.4, -0.2) is 58.0 Å². The van der Waals surface area contributed by atoms with Crippen LogP contribution in [0.15, 0.2) is 41.3 Å². The van der Waals surface area contributed by atoms with Gasteiger partial charge in [0.2, 0.25) is 15.9 Å². The van der Waals surface area contributed by atoms with Crippen LogP contribution in [0.25, 0.3) is 10.4 Å². The molecule has 1 aromatic heterocycles. The number of anilines is 1. The Morgan fingerprint density at radius 1 is 1.00 bits per heavy atom. The molecule has 0 saturated carbocycles. The molecule has 0 atom stereocenters. The van der Waals surface area contributed by atoms with Crippen LogP contribution in [0, 0.1) is 6.92 Å². The molecule has 1 N–H and O–H groups in total. The molecule has 0 unspecified atom stereocenters. The number of carbonyl (C=O) groups is 1. The van der Waals surface area contributed by atoms with Crippen molar-refractivity contribution in [2.24, 2.45) is 0 Å². The molecule has 2 aromatic carbocycles. The number of amides is 1. The molecule has 36 heavy (non-hydrogen) atoms. The monoisotopic (exact) mass is 533 g/mol. The van der Waals surface area contributed by atoms with Crippen molar-refractivity contribution in [2.75, 3.05) is 39.7 Å². The van der Waals surface area contributed by atoms with E-state index in [1.807, 2.05) is 6.92 Å². The number of nitrogens with zero attached hydrogens (tertiary/aromatic N) is 2. The zero-order valence-electron chi connectivity index (χ0n) is 21.2. The standard InChI is InChI=1S/C25H31N3O6S2/c1-7-28(8-2)36(30,31)22-14-18(9-10-21(22)34-6)24-16(3)26-25(35-24)27-23(29)13-17-11-19(32-4)15-20(12-17)33-5/h9-12,14-15H,7-8,13H2,1-6H3,(H,26,27,29). The van der Waals surface area contributed by atoms with Crippen LogP contribution < -0.4 is 19.5 Å². The number of benzene rings is 2. The number of sulfonamides is 1. The van der Waals surface area contributed by atoms with Crippen molar-refractivity contribution in [1.82, 2.24) is 9.29 Å². The van der Waals surface area contributed by atoms with E-state index >= 15 is 0 Å². The minimum atomic E-state index is -3.74. The second-order valence-electron chi connectivity index (χ2n) is 7.83. The molecular weight excluding hydrogens is 502 g/mol. The Labute approximate surface area is 216 Å². The van der Waals surface area contributed by atoms with E-state index in [1.165, 1.54) is 22.8 Å². The summed E-state index contributed by atoms with van der Waals surface area (Å²) in [6, 6.07) is 10.3. The van der Waals surface area contributed by atoms with Gasteiger partial charge in [-0.15, -0.1) is 0 Å². The number of ether oxygens (including phenoxy) is 3. The first kappa shape index (κ1) is 27.4. The molecule has 1 heterocycles. The summed E-state index contributed by atoms with van der Waals surface area (Å²) in [5, 5.41) is 3.26. The molecule has 0 aliphatic rings. The van der Waals surface area contributed by atoms with Crippen LogP contribution in [0.4, 0.5) is 5.13 Å². The number of methoxy groups -OCH3 is 3. The largest absolute Gasteiger partial charge is 0.497 e. The summed E-state index contributed by atoms with van der Waals surface area (Å²) >= 11 is 1.28. The summed E-state index contributed by atoms with van der Waals surface area (Å²) in [5.41, 5.74) is 2.09. The van der Waals surface area contributed by atoms with Crippen LogP contribution in [0.2, 0.25) is 0 Å². The van der Waals surface area contributed by atoms with Crippen molar-refractivity contribution in [2.45, 2.75) is 32.1 Å². The SMILES string of the molecule is CCN(CC)S(=O)(=O)c1cc(-c2sc(NC(=O)Cc3cc(OC)cc(OC)c3)nc2C)ccc1OC. The van der Waals surface area contributed by atoms with Crippen LogP contribution in [0.5, 0.6) is 17.2 Å². The second kappa shape index (κ2) is 11.7. The van der Waals surface area contributed by atoms with Crippen molar-refractivity contribution < 1.29 is 27.4 Å². The highest BCUT2D eigenvalue weighted by molar-refractivity contribution is 7.89. The van der Waals surface area contributed by atoms with Gasteiger partial charge in [0.15, 0.2) is 5.13 Å². The molecular formula is C25H31N3O6S2. The van der Waals surface area contributed by atoms with E-state index in [1.54, 1.807) is 64.5 Å². The van der Waals surface area contributed by atoms with E-state index in [2.05, 4.69) is 10.3 Å². The van der Waals surface area contributed by atoms with Crippen LogP contribution >= 0.6 is 11.3 Å². The normalized spacial score (nSPS) is 11.4. The van der Waals surface area contributed by atoms with Crippen LogP contribution in [-0.2, 0) is 21.2 Å². The maximum atomic E-state index is 13.2. The van der Waals surface area contributed by atoms with E-state index in [0.717, 1.165) is 10.4 Å². The molecule has 0 aliphatic heterocycles. The summed E-state index contributed by atoms with van der Waals surface area (Å²) in [6.07, 6.45) is 0.107. The zero-order valence-corrected chi connectivity index (χ0v) is 22.9. The van der Waals surface area contributed by atoms with E-state index in [-0.39, 0.29) is 23.0 Å². The topological polar surface area (TPSA) is 107 Å². The molecule has 0 aliphatic carbocycles. The lowest BCUT2D eigenvalue weighted by Crippen LogP contribution is -2.30. The fourth-order valence-corrected chi connectivity index (χ4v) is 6.38. The molecule has 0 bridgehead atoms. The Bertz CT molecular complexity index is 1310. The Hall–Kier alpha value is -3.15. The molecule has 0 fully saturated rings. The summed E-state index contributed by atoms with van der Waals surface area (Å²) in [6.45, 7) is 6.10. The lowest BCUT2D eigenvalue weighted by atomic mass is 10.1. The number of carbonyl (C=O) groups excluding carboxylic acids is 1. The number of hydrogen-bond acceptors (Lipinski definition) is 8. The fraction of sp³-hybridized carbons (Fsp3) is 0.360. The highest BCUT2D eigenvalue weighted by atomic mass is 32.2. The molecule has 1 amide bonds. The number of aromatic nitrogens is 1. The minimum Gasteiger partial charge on any atom is -0.497 e. The number of hydrogen-bond donors (Lipinski definition) is 1.